The minimum Gasteiger partial charge on any atom is -0.488 e. The summed E-state index contributed by atoms with van der Waals surface area (Å²) in [6, 6.07) is 15.3. The van der Waals surface area contributed by atoms with Gasteiger partial charge in [-0.25, -0.2) is 0 Å². The summed E-state index contributed by atoms with van der Waals surface area (Å²) < 4.78 is 6.45. The number of ether oxygens (including phenoxy) is 1. The molecule has 0 spiro atoms. The molecule has 4 rings (SSSR count). The average Bonchev–Trinajstić information content (AvgIpc) is 2.67. The van der Waals surface area contributed by atoms with Crippen molar-refractivity contribution in [3.8, 4) is 5.75 Å². The van der Waals surface area contributed by atoms with E-state index in [-0.39, 0.29) is 0 Å². The van der Waals surface area contributed by atoms with E-state index in [1.54, 1.807) is 0 Å². The van der Waals surface area contributed by atoms with Crippen LogP contribution in [0.2, 0.25) is 0 Å². The third-order valence-electron chi connectivity index (χ3n) is 5.52. The molecular formula is C22H27NO. The Morgan fingerprint density at radius 3 is 2.54 bits per heavy atom. The van der Waals surface area contributed by atoms with Crippen molar-refractivity contribution < 1.29 is 4.74 Å². The molecule has 0 atom stereocenters. The summed E-state index contributed by atoms with van der Waals surface area (Å²) in [5, 5.41) is 3.48. The Kier molecular flexibility index (Phi) is 4.84. The van der Waals surface area contributed by atoms with Gasteiger partial charge in [0.2, 0.25) is 0 Å². The molecule has 1 fully saturated rings. The molecule has 0 radical (unpaired) electrons. The molecular weight excluding hydrogens is 294 g/mol. The van der Waals surface area contributed by atoms with Gasteiger partial charge in [0, 0.05) is 0 Å². The molecule has 0 unspecified atom stereocenters. The highest BCUT2D eigenvalue weighted by Crippen LogP contribution is 2.39. The molecule has 2 nitrogen and oxygen atoms in total. The number of piperidine rings is 1. The molecule has 0 aromatic heterocycles. The molecule has 1 aliphatic carbocycles. The number of fused-ring (bicyclic) bond motifs is 1. The molecule has 2 aromatic carbocycles. The SMILES string of the molecule is c1ccc(COc2c(C3CCNCC3)ccc3c2CCCC3)cc1. The predicted molar refractivity (Wildman–Crippen MR) is 98.7 cm³/mol. The molecule has 1 heterocycles. The first kappa shape index (κ1) is 15.7. The van der Waals surface area contributed by atoms with Crippen LogP contribution >= 0.6 is 0 Å². The van der Waals surface area contributed by atoms with Crippen LogP contribution in [0.15, 0.2) is 42.5 Å². The lowest BCUT2D eigenvalue weighted by Gasteiger charge is -2.28. The second kappa shape index (κ2) is 7.40. The zero-order valence-electron chi connectivity index (χ0n) is 14.4. The van der Waals surface area contributed by atoms with Crippen molar-refractivity contribution in [1.29, 1.82) is 0 Å². The van der Waals surface area contributed by atoms with Gasteiger partial charge in [0.25, 0.3) is 0 Å². The predicted octanol–water partition coefficient (Wildman–Crippen LogP) is 4.61. The van der Waals surface area contributed by atoms with Crippen LogP contribution < -0.4 is 10.1 Å². The third kappa shape index (κ3) is 3.34. The standard InChI is InChI=1S/C22H27NO/c1-2-6-17(7-3-1)16-24-22-20-9-5-4-8-18(20)10-11-21(22)19-12-14-23-15-13-19/h1-3,6-7,10-11,19,23H,4-5,8-9,12-16H2. The zero-order chi connectivity index (χ0) is 16.2. The van der Waals surface area contributed by atoms with E-state index in [4.69, 9.17) is 4.74 Å². The minimum atomic E-state index is 0.643. The molecule has 1 saturated heterocycles. The lowest BCUT2D eigenvalue weighted by molar-refractivity contribution is 0.293. The van der Waals surface area contributed by atoms with Crippen LogP contribution in [0.5, 0.6) is 5.75 Å². The van der Waals surface area contributed by atoms with Crippen molar-refractivity contribution in [2.75, 3.05) is 13.1 Å². The Hall–Kier alpha value is -1.80. The first-order chi connectivity index (χ1) is 11.9. The van der Waals surface area contributed by atoms with Crippen LogP contribution in [0.1, 0.15) is 53.9 Å². The van der Waals surface area contributed by atoms with E-state index >= 15 is 0 Å². The van der Waals surface area contributed by atoms with Crippen molar-refractivity contribution in [2.24, 2.45) is 0 Å². The zero-order valence-corrected chi connectivity index (χ0v) is 14.4. The maximum absolute atomic E-state index is 6.45. The average molecular weight is 321 g/mol. The third-order valence-corrected chi connectivity index (χ3v) is 5.52. The summed E-state index contributed by atoms with van der Waals surface area (Å²) in [5.41, 5.74) is 5.71. The summed E-state index contributed by atoms with van der Waals surface area (Å²) >= 11 is 0. The maximum Gasteiger partial charge on any atom is 0.126 e. The number of aryl methyl sites for hydroxylation is 1. The van der Waals surface area contributed by atoms with Gasteiger partial charge < -0.3 is 10.1 Å². The Labute approximate surface area is 145 Å². The molecule has 1 aliphatic heterocycles. The van der Waals surface area contributed by atoms with Crippen LogP contribution in [0.3, 0.4) is 0 Å². The van der Waals surface area contributed by atoms with E-state index in [2.05, 4.69) is 47.8 Å². The van der Waals surface area contributed by atoms with Crippen molar-refractivity contribution in [2.45, 2.75) is 51.0 Å². The molecule has 2 aromatic rings. The monoisotopic (exact) mass is 321 g/mol. The normalized spacial score (nSPS) is 18.2. The highest BCUT2D eigenvalue weighted by atomic mass is 16.5. The second-order valence-electron chi connectivity index (χ2n) is 7.13. The minimum absolute atomic E-state index is 0.643. The summed E-state index contributed by atoms with van der Waals surface area (Å²) in [6.45, 7) is 2.93. The highest BCUT2D eigenvalue weighted by molar-refractivity contribution is 5.49. The quantitative estimate of drug-likeness (QED) is 0.888. The lowest BCUT2D eigenvalue weighted by Crippen LogP contribution is -2.27. The topological polar surface area (TPSA) is 21.3 Å². The first-order valence-corrected chi connectivity index (χ1v) is 9.44. The van der Waals surface area contributed by atoms with Crippen molar-refractivity contribution in [3.05, 3.63) is 64.7 Å². The van der Waals surface area contributed by atoms with Gasteiger partial charge >= 0.3 is 0 Å². The fourth-order valence-electron chi connectivity index (χ4n) is 4.17. The Bertz CT molecular complexity index is 674. The van der Waals surface area contributed by atoms with Crippen molar-refractivity contribution in [3.63, 3.8) is 0 Å². The molecule has 0 bridgehead atoms. The molecule has 2 aliphatic rings. The summed E-state index contributed by atoms with van der Waals surface area (Å²) in [4.78, 5) is 0. The lowest BCUT2D eigenvalue weighted by atomic mass is 9.83. The largest absolute Gasteiger partial charge is 0.488 e. The highest BCUT2D eigenvalue weighted by Gasteiger charge is 2.24. The van der Waals surface area contributed by atoms with E-state index in [0.717, 1.165) is 13.1 Å². The summed E-state index contributed by atoms with van der Waals surface area (Å²) in [7, 11) is 0. The van der Waals surface area contributed by atoms with Crippen LogP contribution in [0.4, 0.5) is 0 Å². The maximum atomic E-state index is 6.45. The van der Waals surface area contributed by atoms with E-state index in [1.807, 2.05) is 0 Å². The number of hydrogen-bond donors (Lipinski definition) is 1. The van der Waals surface area contributed by atoms with Gasteiger partial charge in [-0.05, 0) is 79.8 Å². The molecule has 2 heteroatoms. The van der Waals surface area contributed by atoms with Gasteiger partial charge in [0.1, 0.15) is 12.4 Å². The fraction of sp³-hybridized carbons (Fsp3) is 0.455. The van der Waals surface area contributed by atoms with E-state index in [9.17, 15) is 0 Å². The Morgan fingerprint density at radius 2 is 1.71 bits per heavy atom. The summed E-state index contributed by atoms with van der Waals surface area (Å²) in [6.07, 6.45) is 7.45. The van der Waals surface area contributed by atoms with Gasteiger partial charge in [-0.2, -0.15) is 0 Å². The van der Waals surface area contributed by atoms with Gasteiger partial charge in [-0.3, -0.25) is 0 Å². The summed E-state index contributed by atoms with van der Waals surface area (Å²) in [5.74, 6) is 1.85. The first-order valence-electron chi connectivity index (χ1n) is 9.44. The van der Waals surface area contributed by atoms with E-state index in [0.29, 0.717) is 12.5 Å². The molecule has 0 saturated carbocycles. The van der Waals surface area contributed by atoms with Crippen LogP contribution in [-0.4, -0.2) is 13.1 Å². The van der Waals surface area contributed by atoms with Gasteiger partial charge in [-0.1, -0.05) is 42.5 Å². The van der Waals surface area contributed by atoms with Crippen LogP contribution in [0, 0.1) is 0 Å². The number of benzene rings is 2. The van der Waals surface area contributed by atoms with E-state index in [1.165, 1.54) is 66.5 Å². The van der Waals surface area contributed by atoms with Crippen molar-refractivity contribution >= 4 is 0 Å². The molecule has 1 N–H and O–H groups in total. The Morgan fingerprint density at radius 1 is 0.917 bits per heavy atom. The Balaban J connectivity index is 1.65. The van der Waals surface area contributed by atoms with Crippen LogP contribution in [-0.2, 0) is 19.4 Å². The number of hydrogen-bond acceptors (Lipinski definition) is 2. The van der Waals surface area contributed by atoms with Gasteiger partial charge in [0.15, 0.2) is 0 Å². The van der Waals surface area contributed by atoms with E-state index < -0.39 is 0 Å². The fourth-order valence-corrected chi connectivity index (χ4v) is 4.17. The number of nitrogens with one attached hydrogen (secondary N) is 1. The van der Waals surface area contributed by atoms with Gasteiger partial charge in [0.05, 0.1) is 0 Å². The van der Waals surface area contributed by atoms with Gasteiger partial charge in [-0.15, -0.1) is 0 Å². The molecule has 24 heavy (non-hydrogen) atoms. The number of rotatable bonds is 4. The second-order valence-corrected chi connectivity index (χ2v) is 7.13. The van der Waals surface area contributed by atoms with Crippen LogP contribution in [0.25, 0.3) is 0 Å². The molecule has 126 valence electrons. The molecule has 0 amide bonds. The van der Waals surface area contributed by atoms with Crippen molar-refractivity contribution in [1.82, 2.24) is 5.32 Å². The smallest absolute Gasteiger partial charge is 0.126 e.